The number of aliphatic hydroxyl groups is 1. The summed E-state index contributed by atoms with van der Waals surface area (Å²) in [6.07, 6.45) is 2.89. The van der Waals surface area contributed by atoms with E-state index < -0.39 is 12.6 Å². The summed E-state index contributed by atoms with van der Waals surface area (Å²) in [4.78, 5) is 14.4. The maximum Gasteiger partial charge on any atom is 0.383 e. The maximum atomic E-state index is 12.0. The third-order valence-corrected chi connectivity index (χ3v) is 2.69. The highest BCUT2D eigenvalue weighted by Gasteiger charge is 2.31. The minimum absolute atomic E-state index is 0.0123. The molecular formula is C13H13ClFNO5. The zero-order chi connectivity index (χ0) is 15.2. The van der Waals surface area contributed by atoms with E-state index in [1.165, 1.54) is 12.3 Å². The molecule has 0 saturated carbocycles. The average Bonchev–Trinajstić information content (AvgIpc) is 3.01. The Bertz CT molecular complexity index is 581. The van der Waals surface area contributed by atoms with Gasteiger partial charge in [-0.05, 0) is 6.08 Å². The van der Waals surface area contributed by atoms with Crippen LogP contribution in [-0.4, -0.2) is 35.2 Å². The molecule has 1 aliphatic heterocycles. The molecule has 1 aromatic rings. The summed E-state index contributed by atoms with van der Waals surface area (Å²) in [5.74, 6) is -0.937. The number of allylic oxidation sites excluding steroid dienone is 1. The van der Waals surface area contributed by atoms with Crippen LogP contribution in [-0.2, 0) is 20.9 Å². The summed E-state index contributed by atoms with van der Waals surface area (Å²) >= 11 is 5.47. The van der Waals surface area contributed by atoms with Crippen molar-refractivity contribution in [2.24, 2.45) is 0 Å². The molecule has 0 bridgehead atoms. The number of alkyl halides is 2. The lowest BCUT2D eigenvalue weighted by Crippen LogP contribution is -2.04. The number of hydrogen-bond donors (Lipinski definition) is 2. The molecule has 2 rings (SSSR count). The minimum atomic E-state index is -0.788. The normalized spacial score (nSPS) is 16.5. The summed E-state index contributed by atoms with van der Waals surface area (Å²) in [6, 6.07) is 1.60. The highest BCUT2D eigenvalue weighted by molar-refractivity contribution is 6.19. The Morgan fingerprint density at radius 2 is 2.29 bits per heavy atom. The topological polar surface area (TPSA) is 80.8 Å². The van der Waals surface area contributed by atoms with Gasteiger partial charge in [0, 0.05) is 18.1 Å². The first-order chi connectivity index (χ1) is 10.2. The van der Waals surface area contributed by atoms with Crippen LogP contribution >= 0.6 is 11.6 Å². The third kappa shape index (κ3) is 3.69. The number of hydrogen-bond acceptors (Lipinski definition) is 5. The number of cyclic esters (lactones) is 1. The molecule has 0 saturated heterocycles. The number of H-pyrrole nitrogens is 1. The van der Waals surface area contributed by atoms with E-state index in [1.54, 1.807) is 6.07 Å². The number of halogens is 2. The van der Waals surface area contributed by atoms with Crippen molar-refractivity contribution in [2.75, 3.05) is 19.2 Å². The molecule has 6 nitrogen and oxygen atoms in total. The largest absolute Gasteiger partial charge is 0.501 e. The van der Waals surface area contributed by atoms with E-state index in [1.807, 2.05) is 0 Å². The molecule has 1 aromatic heterocycles. The smallest absolute Gasteiger partial charge is 0.383 e. The van der Waals surface area contributed by atoms with Gasteiger partial charge in [0.1, 0.15) is 25.6 Å². The first-order valence-electron chi connectivity index (χ1n) is 6.06. The Kier molecular flexibility index (Phi) is 5.10. The predicted octanol–water partition coefficient (Wildman–Crippen LogP) is 2.33. The van der Waals surface area contributed by atoms with Crippen molar-refractivity contribution in [1.82, 2.24) is 4.98 Å². The number of aromatic nitrogens is 1. The maximum absolute atomic E-state index is 12.0. The SMILES string of the molecule is O=C1O/C(=C/CCl)C(O)=C1OCc1cc(OCCF)c[nH]1. The fourth-order valence-corrected chi connectivity index (χ4v) is 1.77. The summed E-state index contributed by atoms with van der Waals surface area (Å²) in [5.41, 5.74) is 0.590. The van der Waals surface area contributed by atoms with Gasteiger partial charge in [-0.2, -0.15) is 0 Å². The van der Waals surface area contributed by atoms with Crippen LogP contribution < -0.4 is 4.74 Å². The van der Waals surface area contributed by atoms with E-state index >= 15 is 0 Å². The minimum Gasteiger partial charge on any atom is -0.501 e. The lowest BCUT2D eigenvalue weighted by Gasteiger charge is -2.02. The second kappa shape index (κ2) is 7.03. The molecule has 1 aliphatic rings. The number of carbonyl (C=O) groups excluding carboxylic acids is 1. The van der Waals surface area contributed by atoms with Crippen molar-refractivity contribution >= 4 is 17.6 Å². The molecule has 0 amide bonds. The average molecular weight is 318 g/mol. The Morgan fingerprint density at radius 3 is 3.00 bits per heavy atom. The molecule has 2 heterocycles. The zero-order valence-corrected chi connectivity index (χ0v) is 11.7. The first-order valence-corrected chi connectivity index (χ1v) is 6.60. The van der Waals surface area contributed by atoms with Crippen LogP contribution in [0.2, 0.25) is 0 Å². The molecule has 0 aromatic carbocycles. The Morgan fingerprint density at radius 1 is 1.48 bits per heavy atom. The molecule has 0 atom stereocenters. The Balaban J connectivity index is 1.97. The monoisotopic (exact) mass is 317 g/mol. The second-order valence-electron chi connectivity index (χ2n) is 3.98. The van der Waals surface area contributed by atoms with E-state index in [0.717, 1.165) is 0 Å². The molecule has 8 heteroatoms. The van der Waals surface area contributed by atoms with Crippen molar-refractivity contribution in [1.29, 1.82) is 0 Å². The van der Waals surface area contributed by atoms with Gasteiger partial charge in [-0.15, -0.1) is 11.6 Å². The summed E-state index contributed by atoms with van der Waals surface area (Å²) in [6.45, 7) is -0.635. The fourth-order valence-electron chi connectivity index (χ4n) is 1.63. The second-order valence-corrected chi connectivity index (χ2v) is 4.29. The summed E-state index contributed by atoms with van der Waals surface area (Å²) in [5, 5.41) is 9.75. The van der Waals surface area contributed by atoms with Gasteiger partial charge >= 0.3 is 5.97 Å². The lowest BCUT2D eigenvalue weighted by molar-refractivity contribution is -0.136. The van der Waals surface area contributed by atoms with Crippen LogP contribution in [0.1, 0.15) is 5.69 Å². The van der Waals surface area contributed by atoms with Crippen LogP contribution in [0.15, 0.2) is 35.6 Å². The van der Waals surface area contributed by atoms with Crippen molar-refractivity contribution < 1.29 is 28.5 Å². The van der Waals surface area contributed by atoms with Crippen LogP contribution in [0.4, 0.5) is 4.39 Å². The number of ether oxygens (including phenoxy) is 3. The summed E-state index contributed by atoms with van der Waals surface area (Å²) in [7, 11) is 0. The molecule has 2 N–H and O–H groups in total. The number of aliphatic hydroxyl groups excluding tert-OH is 1. The van der Waals surface area contributed by atoms with Gasteiger partial charge in [-0.3, -0.25) is 0 Å². The third-order valence-electron chi connectivity index (χ3n) is 2.53. The highest BCUT2D eigenvalue weighted by atomic mass is 35.5. The van der Waals surface area contributed by atoms with Crippen LogP contribution in [0.25, 0.3) is 0 Å². The Labute approximate surface area is 124 Å². The molecule has 0 aliphatic carbocycles. The number of rotatable bonds is 7. The van der Waals surface area contributed by atoms with Crippen molar-refractivity contribution in [3.63, 3.8) is 0 Å². The van der Waals surface area contributed by atoms with Gasteiger partial charge in [-0.25, -0.2) is 9.18 Å². The quantitative estimate of drug-likeness (QED) is 0.596. The molecular weight excluding hydrogens is 305 g/mol. The molecule has 0 radical (unpaired) electrons. The lowest BCUT2D eigenvalue weighted by atomic mass is 10.3. The summed E-state index contributed by atoms with van der Waals surface area (Å²) < 4.78 is 27.0. The molecule has 0 unspecified atom stereocenters. The van der Waals surface area contributed by atoms with Crippen molar-refractivity contribution in [2.45, 2.75) is 6.61 Å². The van der Waals surface area contributed by atoms with Crippen LogP contribution in [0.3, 0.4) is 0 Å². The number of aromatic amines is 1. The van der Waals surface area contributed by atoms with Gasteiger partial charge in [0.05, 0.1) is 5.69 Å². The van der Waals surface area contributed by atoms with Crippen molar-refractivity contribution in [3.05, 3.63) is 41.3 Å². The predicted molar refractivity (Wildman–Crippen MR) is 71.6 cm³/mol. The van der Waals surface area contributed by atoms with E-state index in [-0.39, 0.29) is 36.4 Å². The standard InChI is InChI=1S/C13H13ClFNO5/c14-2-1-10-11(17)12(13(18)21-10)20-7-8-5-9(6-16-8)19-4-3-15/h1,5-6,16-17H,2-4,7H2/b10-1+. The molecule has 21 heavy (non-hydrogen) atoms. The first kappa shape index (κ1) is 15.2. The highest BCUT2D eigenvalue weighted by Crippen LogP contribution is 2.26. The van der Waals surface area contributed by atoms with E-state index in [0.29, 0.717) is 11.4 Å². The van der Waals surface area contributed by atoms with E-state index in [4.69, 9.17) is 25.8 Å². The van der Waals surface area contributed by atoms with Gasteiger partial charge in [0.2, 0.25) is 5.76 Å². The van der Waals surface area contributed by atoms with E-state index in [2.05, 4.69) is 4.98 Å². The molecule has 0 fully saturated rings. The number of carbonyl (C=O) groups is 1. The van der Waals surface area contributed by atoms with Crippen molar-refractivity contribution in [3.8, 4) is 5.75 Å². The van der Waals surface area contributed by atoms with Gasteiger partial charge in [0.15, 0.2) is 5.76 Å². The number of esters is 1. The number of nitrogens with one attached hydrogen (secondary N) is 1. The van der Waals surface area contributed by atoms with E-state index in [9.17, 15) is 14.3 Å². The van der Waals surface area contributed by atoms with Gasteiger partial charge in [-0.1, -0.05) is 0 Å². The zero-order valence-electron chi connectivity index (χ0n) is 10.9. The van der Waals surface area contributed by atoms with Crippen LogP contribution in [0.5, 0.6) is 5.75 Å². The molecule has 0 spiro atoms. The van der Waals surface area contributed by atoms with Gasteiger partial charge < -0.3 is 24.3 Å². The molecule has 114 valence electrons. The Hall–Kier alpha value is -2.15. The van der Waals surface area contributed by atoms with Crippen LogP contribution in [0, 0.1) is 0 Å². The van der Waals surface area contributed by atoms with Gasteiger partial charge in [0.25, 0.3) is 5.76 Å². The fraction of sp³-hybridized carbons (Fsp3) is 0.308.